The maximum atomic E-state index is 11.8. The Hall–Kier alpha value is -3.02. The summed E-state index contributed by atoms with van der Waals surface area (Å²) >= 11 is 0. The molecule has 4 N–H and O–H groups in total. The molecule has 0 saturated heterocycles. The summed E-state index contributed by atoms with van der Waals surface area (Å²) in [6.07, 6.45) is 1.79. The highest BCUT2D eigenvalue weighted by Gasteiger charge is 2.21. The van der Waals surface area contributed by atoms with E-state index in [1.807, 2.05) is 12.1 Å². The quantitative estimate of drug-likeness (QED) is 0.757. The summed E-state index contributed by atoms with van der Waals surface area (Å²) in [4.78, 5) is 23.3. The van der Waals surface area contributed by atoms with E-state index < -0.39 is 11.8 Å². The third-order valence-corrected chi connectivity index (χ3v) is 3.46. The zero-order valence-electron chi connectivity index (χ0n) is 11.3. The number of hydrogen-bond donors (Lipinski definition) is 2. The second kappa shape index (κ2) is 4.52. The Kier molecular flexibility index (Phi) is 2.79. The van der Waals surface area contributed by atoms with E-state index in [4.69, 9.17) is 16.2 Å². The summed E-state index contributed by atoms with van der Waals surface area (Å²) in [7, 11) is 1.46. The van der Waals surface area contributed by atoms with Gasteiger partial charge in [0.25, 0.3) is 5.91 Å². The van der Waals surface area contributed by atoms with Crippen molar-refractivity contribution in [3.05, 3.63) is 47.7 Å². The number of carbonyl (C=O) groups is 2. The van der Waals surface area contributed by atoms with Gasteiger partial charge in [0.2, 0.25) is 5.91 Å². The van der Waals surface area contributed by atoms with Crippen LogP contribution in [-0.4, -0.2) is 23.3 Å². The normalized spacial score (nSPS) is 10.9. The monoisotopic (exact) mass is 283 g/mol. The number of pyridine rings is 1. The number of nitrogens with zero attached hydrogens (tertiary/aromatic N) is 1. The Bertz CT molecular complexity index is 896. The highest BCUT2D eigenvalue weighted by Crippen LogP contribution is 2.34. The van der Waals surface area contributed by atoms with E-state index in [1.54, 1.807) is 22.7 Å². The van der Waals surface area contributed by atoms with Crippen molar-refractivity contribution in [3.63, 3.8) is 0 Å². The molecule has 0 bridgehead atoms. The lowest BCUT2D eigenvalue weighted by atomic mass is 10.1. The first-order chi connectivity index (χ1) is 10.0. The molecule has 0 spiro atoms. The molecular formula is C15H13N3O3. The minimum atomic E-state index is -0.568. The predicted molar refractivity (Wildman–Crippen MR) is 78.5 cm³/mol. The Morgan fingerprint density at radius 1 is 1.10 bits per heavy atom. The standard InChI is InChI=1S/C15H13N3O3/c1-21-11-7-8(14(16)19)6-10-12(11)13(15(17)20)9-4-2-3-5-18(9)10/h2-7H,1H3,(H2,16,19)(H2,17,20). The van der Waals surface area contributed by atoms with Gasteiger partial charge in [-0.05, 0) is 24.3 Å². The summed E-state index contributed by atoms with van der Waals surface area (Å²) in [5, 5.41) is 0.571. The number of aromatic nitrogens is 1. The summed E-state index contributed by atoms with van der Waals surface area (Å²) in [5.74, 6) is -0.737. The molecule has 0 aliphatic heterocycles. The summed E-state index contributed by atoms with van der Waals surface area (Å²) < 4.78 is 7.09. The second-order valence-electron chi connectivity index (χ2n) is 4.63. The largest absolute Gasteiger partial charge is 0.496 e. The molecule has 0 radical (unpaired) electrons. The smallest absolute Gasteiger partial charge is 0.251 e. The number of fused-ring (bicyclic) bond motifs is 3. The first-order valence-corrected chi connectivity index (χ1v) is 6.25. The van der Waals surface area contributed by atoms with E-state index in [-0.39, 0.29) is 0 Å². The second-order valence-corrected chi connectivity index (χ2v) is 4.63. The van der Waals surface area contributed by atoms with E-state index in [0.717, 1.165) is 0 Å². The average molecular weight is 283 g/mol. The molecule has 0 saturated carbocycles. The molecular weight excluding hydrogens is 270 g/mol. The summed E-state index contributed by atoms with van der Waals surface area (Å²) in [6.45, 7) is 0. The average Bonchev–Trinajstić information content (AvgIpc) is 2.80. The lowest BCUT2D eigenvalue weighted by Crippen LogP contribution is -2.12. The molecule has 0 atom stereocenters. The molecule has 1 aromatic carbocycles. The number of carbonyl (C=O) groups excluding carboxylic acids is 2. The van der Waals surface area contributed by atoms with Crippen LogP contribution in [0.25, 0.3) is 16.4 Å². The van der Waals surface area contributed by atoms with Crippen LogP contribution < -0.4 is 16.2 Å². The van der Waals surface area contributed by atoms with Crippen LogP contribution in [0.2, 0.25) is 0 Å². The molecule has 2 aromatic heterocycles. The van der Waals surface area contributed by atoms with Crippen LogP contribution in [0.15, 0.2) is 36.5 Å². The number of ether oxygens (including phenoxy) is 1. The fraction of sp³-hybridized carbons (Fsp3) is 0.0667. The number of rotatable bonds is 3. The van der Waals surface area contributed by atoms with Gasteiger partial charge in [0.15, 0.2) is 0 Å². The Labute approximate surface area is 119 Å². The molecule has 21 heavy (non-hydrogen) atoms. The molecule has 0 aliphatic rings. The number of primary amides is 2. The third kappa shape index (κ3) is 1.80. The topological polar surface area (TPSA) is 99.8 Å². The van der Waals surface area contributed by atoms with Crippen LogP contribution in [0, 0.1) is 0 Å². The number of hydrogen-bond acceptors (Lipinski definition) is 3. The fourth-order valence-electron chi connectivity index (χ4n) is 2.58. The Balaban J connectivity index is 2.59. The zero-order chi connectivity index (χ0) is 15.1. The Morgan fingerprint density at radius 2 is 1.86 bits per heavy atom. The van der Waals surface area contributed by atoms with Gasteiger partial charge in [-0.3, -0.25) is 9.59 Å². The summed E-state index contributed by atoms with van der Waals surface area (Å²) in [6, 6.07) is 8.54. The SMILES string of the molecule is COc1cc(C(N)=O)cc2c1c(C(N)=O)c1ccccn12. The van der Waals surface area contributed by atoms with E-state index in [0.29, 0.717) is 33.3 Å². The van der Waals surface area contributed by atoms with Gasteiger partial charge < -0.3 is 20.6 Å². The van der Waals surface area contributed by atoms with E-state index >= 15 is 0 Å². The van der Waals surface area contributed by atoms with Crippen molar-refractivity contribution in [2.45, 2.75) is 0 Å². The molecule has 3 aromatic rings. The maximum Gasteiger partial charge on any atom is 0.251 e. The van der Waals surface area contributed by atoms with Crippen molar-refractivity contribution in [2.24, 2.45) is 11.5 Å². The number of benzene rings is 1. The van der Waals surface area contributed by atoms with Crippen molar-refractivity contribution < 1.29 is 14.3 Å². The van der Waals surface area contributed by atoms with E-state index in [2.05, 4.69) is 0 Å². The molecule has 3 rings (SSSR count). The lowest BCUT2D eigenvalue weighted by Gasteiger charge is -2.06. The minimum absolute atomic E-state index is 0.304. The van der Waals surface area contributed by atoms with Gasteiger partial charge in [-0.15, -0.1) is 0 Å². The molecule has 0 fully saturated rings. The van der Waals surface area contributed by atoms with E-state index in [9.17, 15) is 9.59 Å². The van der Waals surface area contributed by atoms with Gasteiger partial charge in [-0.1, -0.05) is 6.07 Å². The number of methoxy groups -OCH3 is 1. The van der Waals surface area contributed by atoms with Crippen molar-refractivity contribution in [1.29, 1.82) is 0 Å². The van der Waals surface area contributed by atoms with Crippen molar-refractivity contribution in [2.75, 3.05) is 7.11 Å². The Morgan fingerprint density at radius 3 is 2.48 bits per heavy atom. The first kappa shape index (κ1) is 13.0. The van der Waals surface area contributed by atoms with Gasteiger partial charge in [0, 0.05) is 11.8 Å². The molecule has 0 aliphatic carbocycles. The first-order valence-electron chi connectivity index (χ1n) is 6.25. The molecule has 2 amide bonds. The lowest BCUT2D eigenvalue weighted by molar-refractivity contribution is 0.0993. The van der Waals surface area contributed by atoms with Crippen LogP contribution in [0.3, 0.4) is 0 Å². The highest BCUT2D eigenvalue weighted by molar-refractivity contribution is 6.16. The molecule has 2 heterocycles. The van der Waals surface area contributed by atoms with Crippen LogP contribution in [-0.2, 0) is 0 Å². The van der Waals surface area contributed by atoms with Gasteiger partial charge in [-0.25, -0.2) is 0 Å². The molecule has 6 nitrogen and oxygen atoms in total. The molecule has 0 unspecified atom stereocenters. The minimum Gasteiger partial charge on any atom is -0.496 e. The third-order valence-electron chi connectivity index (χ3n) is 3.46. The molecule has 106 valence electrons. The van der Waals surface area contributed by atoms with Gasteiger partial charge in [-0.2, -0.15) is 0 Å². The van der Waals surface area contributed by atoms with Crippen LogP contribution in [0.5, 0.6) is 5.75 Å². The fourth-order valence-corrected chi connectivity index (χ4v) is 2.58. The molecule has 6 heteroatoms. The summed E-state index contributed by atoms with van der Waals surface area (Å²) in [5.41, 5.74) is 12.8. The zero-order valence-corrected chi connectivity index (χ0v) is 11.3. The van der Waals surface area contributed by atoms with Gasteiger partial charge in [0.05, 0.1) is 29.1 Å². The predicted octanol–water partition coefficient (Wildman–Crippen LogP) is 1.30. The van der Waals surface area contributed by atoms with Gasteiger partial charge in [0.1, 0.15) is 5.75 Å². The van der Waals surface area contributed by atoms with Crippen molar-refractivity contribution in [3.8, 4) is 5.75 Å². The van der Waals surface area contributed by atoms with Crippen LogP contribution in [0.4, 0.5) is 0 Å². The van der Waals surface area contributed by atoms with E-state index in [1.165, 1.54) is 13.2 Å². The number of amides is 2. The van der Waals surface area contributed by atoms with Crippen molar-refractivity contribution >= 4 is 28.2 Å². The van der Waals surface area contributed by atoms with Crippen LogP contribution >= 0.6 is 0 Å². The maximum absolute atomic E-state index is 11.8. The number of nitrogens with two attached hydrogens (primary N) is 2. The van der Waals surface area contributed by atoms with Crippen LogP contribution in [0.1, 0.15) is 20.7 Å². The van der Waals surface area contributed by atoms with Crippen molar-refractivity contribution in [1.82, 2.24) is 4.40 Å². The van der Waals surface area contributed by atoms with Gasteiger partial charge >= 0.3 is 0 Å². The highest BCUT2D eigenvalue weighted by atomic mass is 16.5.